The molecule has 10 heteroatoms. The Morgan fingerprint density at radius 2 is 1.74 bits per heavy atom. The van der Waals surface area contributed by atoms with Crippen molar-refractivity contribution >= 4 is 23.6 Å². The van der Waals surface area contributed by atoms with E-state index < -0.39 is 0 Å². The first-order chi connectivity index (χ1) is 15.0. The molecule has 1 aliphatic rings. The highest BCUT2D eigenvalue weighted by atomic mass is 32.2. The minimum atomic E-state index is -0.140. The summed E-state index contributed by atoms with van der Waals surface area (Å²) < 4.78 is 12.7. The number of thioether (sulfide) groups is 1. The summed E-state index contributed by atoms with van der Waals surface area (Å²) in [6.07, 6.45) is 3.09. The second-order valence-electron chi connectivity index (χ2n) is 7.73. The van der Waals surface area contributed by atoms with Gasteiger partial charge in [0.1, 0.15) is 0 Å². The summed E-state index contributed by atoms with van der Waals surface area (Å²) in [4.78, 5) is 28.6. The summed E-state index contributed by atoms with van der Waals surface area (Å²) in [5.74, 6) is 2.18. The van der Waals surface area contributed by atoms with Crippen molar-refractivity contribution in [3.63, 3.8) is 0 Å². The van der Waals surface area contributed by atoms with E-state index >= 15 is 0 Å². The molecule has 0 unspecified atom stereocenters. The molecule has 0 bridgehead atoms. The molecule has 31 heavy (non-hydrogen) atoms. The monoisotopic (exact) mass is 443 g/mol. The van der Waals surface area contributed by atoms with Crippen molar-refractivity contribution in [2.45, 2.75) is 25.5 Å². The Balaban J connectivity index is 1.34. The SMILES string of the molecule is CC(C)Cn1c(SCC(=O)N2CCN(C(=O)c3ccco3)CC2)nnc1-c1ccco1. The fourth-order valence-electron chi connectivity index (χ4n) is 3.45. The lowest BCUT2D eigenvalue weighted by Gasteiger charge is -2.34. The van der Waals surface area contributed by atoms with E-state index in [1.165, 1.54) is 18.0 Å². The lowest BCUT2D eigenvalue weighted by atomic mass is 10.2. The average molecular weight is 444 g/mol. The predicted molar refractivity (Wildman–Crippen MR) is 114 cm³/mol. The standard InChI is InChI=1S/C21H25N5O4S/c1-15(2)13-26-19(16-5-3-11-29-16)22-23-21(26)31-14-18(27)24-7-9-25(10-8-24)20(28)17-6-4-12-30-17/h3-6,11-12,15H,7-10,13-14H2,1-2H3. The Bertz CT molecular complexity index is 1000. The van der Waals surface area contributed by atoms with Gasteiger partial charge in [-0.2, -0.15) is 0 Å². The van der Waals surface area contributed by atoms with Crippen LogP contribution in [-0.2, 0) is 11.3 Å². The number of aromatic nitrogens is 3. The van der Waals surface area contributed by atoms with Crippen LogP contribution in [0.2, 0.25) is 0 Å². The molecule has 2 amide bonds. The molecule has 4 rings (SSSR count). The minimum Gasteiger partial charge on any atom is -0.461 e. The van der Waals surface area contributed by atoms with Gasteiger partial charge >= 0.3 is 0 Å². The fourth-order valence-corrected chi connectivity index (χ4v) is 4.30. The van der Waals surface area contributed by atoms with Crippen LogP contribution in [0.15, 0.2) is 50.8 Å². The number of rotatable bonds is 7. The van der Waals surface area contributed by atoms with Gasteiger partial charge in [0.25, 0.3) is 5.91 Å². The molecule has 9 nitrogen and oxygen atoms in total. The number of carbonyl (C=O) groups is 2. The number of carbonyl (C=O) groups excluding carboxylic acids is 2. The van der Waals surface area contributed by atoms with Gasteiger partial charge in [0.2, 0.25) is 5.91 Å². The molecule has 0 radical (unpaired) electrons. The predicted octanol–water partition coefficient (Wildman–Crippen LogP) is 2.86. The van der Waals surface area contributed by atoms with Crippen LogP contribution < -0.4 is 0 Å². The molecule has 3 aromatic heterocycles. The van der Waals surface area contributed by atoms with E-state index in [9.17, 15) is 9.59 Å². The number of amides is 2. The zero-order valence-corrected chi connectivity index (χ0v) is 18.4. The highest BCUT2D eigenvalue weighted by Crippen LogP contribution is 2.26. The van der Waals surface area contributed by atoms with E-state index in [0.29, 0.717) is 54.6 Å². The smallest absolute Gasteiger partial charge is 0.289 e. The van der Waals surface area contributed by atoms with Crippen LogP contribution in [-0.4, -0.2) is 68.3 Å². The van der Waals surface area contributed by atoms with Crippen molar-refractivity contribution in [3.05, 3.63) is 42.6 Å². The summed E-state index contributed by atoms with van der Waals surface area (Å²) in [7, 11) is 0. The van der Waals surface area contributed by atoms with Gasteiger partial charge in [-0.1, -0.05) is 25.6 Å². The van der Waals surface area contributed by atoms with Crippen molar-refractivity contribution in [2.75, 3.05) is 31.9 Å². The highest BCUT2D eigenvalue weighted by molar-refractivity contribution is 7.99. The van der Waals surface area contributed by atoms with Gasteiger partial charge in [-0.15, -0.1) is 10.2 Å². The number of hydrogen-bond acceptors (Lipinski definition) is 7. The largest absolute Gasteiger partial charge is 0.461 e. The number of furan rings is 2. The van der Waals surface area contributed by atoms with Gasteiger partial charge in [0, 0.05) is 32.7 Å². The van der Waals surface area contributed by atoms with Crippen molar-refractivity contribution < 1.29 is 18.4 Å². The Kier molecular flexibility index (Phi) is 6.45. The second-order valence-corrected chi connectivity index (χ2v) is 8.67. The van der Waals surface area contributed by atoms with Crippen LogP contribution in [0.5, 0.6) is 0 Å². The average Bonchev–Trinajstić information content (AvgIpc) is 3.53. The number of piperazine rings is 1. The summed E-state index contributed by atoms with van der Waals surface area (Å²) >= 11 is 1.37. The van der Waals surface area contributed by atoms with Gasteiger partial charge in [-0.3, -0.25) is 14.2 Å². The van der Waals surface area contributed by atoms with Crippen molar-refractivity contribution in [1.29, 1.82) is 0 Å². The molecule has 0 atom stereocenters. The van der Waals surface area contributed by atoms with Crippen LogP contribution in [0.3, 0.4) is 0 Å². The normalized spacial score (nSPS) is 14.4. The van der Waals surface area contributed by atoms with Crippen molar-refractivity contribution in [3.8, 4) is 11.6 Å². The van der Waals surface area contributed by atoms with Crippen LogP contribution in [0, 0.1) is 5.92 Å². The summed E-state index contributed by atoms with van der Waals surface area (Å²) in [6, 6.07) is 7.01. The maximum Gasteiger partial charge on any atom is 0.289 e. The van der Waals surface area contributed by atoms with E-state index in [0.717, 1.165) is 6.54 Å². The molecular formula is C21H25N5O4S. The quantitative estimate of drug-likeness (QED) is 0.518. The number of nitrogens with zero attached hydrogens (tertiary/aromatic N) is 5. The highest BCUT2D eigenvalue weighted by Gasteiger charge is 2.26. The lowest BCUT2D eigenvalue weighted by molar-refractivity contribution is -0.129. The first-order valence-electron chi connectivity index (χ1n) is 10.2. The summed E-state index contributed by atoms with van der Waals surface area (Å²) in [5.41, 5.74) is 0. The molecule has 0 N–H and O–H groups in total. The van der Waals surface area contributed by atoms with Gasteiger partial charge < -0.3 is 18.6 Å². The van der Waals surface area contributed by atoms with E-state index in [-0.39, 0.29) is 17.6 Å². The van der Waals surface area contributed by atoms with Crippen LogP contribution in [0.1, 0.15) is 24.4 Å². The number of hydrogen-bond donors (Lipinski definition) is 0. The first kappa shape index (κ1) is 21.2. The molecule has 0 saturated carbocycles. The first-order valence-corrected chi connectivity index (χ1v) is 11.2. The van der Waals surface area contributed by atoms with Gasteiger partial charge in [0.15, 0.2) is 22.5 Å². The Labute approximate surface area is 184 Å². The Morgan fingerprint density at radius 3 is 2.39 bits per heavy atom. The molecule has 0 aromatic carbocycles. The van der Waals surface area contributed by atoms with E-state index in [1.807, 2.05) is 16.7 Å². The third-order valence-corrected chi connectivity index (χ3v) is 5.93. The molecule has 1 fully saturated rings. The van der Waals surface area contributed by atoms with E-state index in [4.69, 9.17) is 8.83 Å². The fraction of sp³-hybridized carbons (Fsp3) is 0.429. The molecule has 1 saturated heterocycles. The maximum absolute atomic E-state index is 12.8. The third-order valence-electron chi connectivity index (χ3n) is 4.98. The molecule has 164 valence electrons. The van der Waals surface area contributed by atoms with Gasteiger partial charge in [-0.25, -0.2) is 0 Å². The van der Waals surface area contributed by atoms with E-state index in [2.05, 4.69) is 24.0 Å². The molecule has 4 heterocycles. The molecule has 3 aromatic rings. The maximum atomic E-state index is 12.8. The summed E-state index contributed by atoms with van der Waals surface area (Å²) in [5, 5.41) is 9.26. The zero-order valence-electron chi connectivity index (χ0n) is 17.6. The topological polar surface area (TPSA) is 97.6 Å². The third kappa shape index (κ3) is 4.84. The van der Waals surface area contributed by atoms with Crippen molar-refractivity contribution in [2.24, 2.45) is 5.92 Å². The Morgan fingerprint density at radius 1 is 1.03 bits per heavy atom. The lowest BCUT2D eigenvalue weighted by Crippen LogP contribution is -2.51. The minimum absolute atomic E-state index is 0.0220. The van der Waals surface area contributed by atoms with E-state index in [1.54, 1.807) is 28.2 Å². The van der Waals surface area contributed by atoms with Crippen LogP contribution >= 0.6 is 11.8 Å². The molecule has 0 aliphatic carbocycles. The second kappa shape index (κ2) is 9.42. The van der Waals surface area contributed by atoms with Gasteiger partial charge in [-0.05, 0) is 30.2 Å². The van der Waals surface area contributed by atoms with Crippen LogP contribution in [0.25, 0.3) is 11.6 Å². The van der Waals surface area contributed by atoms with Crippen molar-refractivity contribution in [1.82, 2.24) is 24.6 Å². The van der Waals surface area contributed by atoms with Gasteiger partial charge in [0.05, 0.1) is 18.3 Å². The molecular weight excluding hydrogens is 418 g/mol. The molecule has 1 aliphatic heterocycles. The Hall–Kier alpha value is -3.01. The molecule has 0 spiro atoms. The zero-order chi connectivity index (χ0) is 21.8. The van der Waals surface area contributed by atoms with Crippen LogP contribution in [0.4, 0.5) is 0 Å². The summed E-state index contributed by atoms with van der Waals surface area (Å²) in [6.45, 7) is 6.95.